The smallest absolute Gasteiger partial charge is 0.363 e. The summed E-state index contributed by atoms with van der Waals surface area (Å²) in [5.41, 5.74) is 0.807. The molecular weight excluding hydrogens is 354 g/mol. The number of carbonyl (C=O) groups is 1. The molecule has 0 radical (unpaired) electrons. The largest absolute Gasteiger partial charge is 0.407 e. The monoisotopic (exact) mass is 361 g/mol. The van der Waals surface area contributed by atoms with Crippen LogP contribution >= 0.6 is 31.9 Å². The maximum Gasteiger partial charge on any atom is 0.363 e. The number of hydrogen-bond donors (Lipinski definition) is 1. The highest BCUT2D eigenvalue weighted by Gasteiger charge is 2.25. The third-order valence-corrected chi connectivity index (χ3v) is 3.56. The summed E-state index contributed by atoms with van der Waals surface area (Å²) in [6.45, 7) is 1.60. The molecule has 0 saturated carbocycles. The molecule has 0 fully saturated rings. The van der Waals surface area contributed by atoms with E-state index >= 15 is 0 Å². The molecule has 0 bridgehead atoms. The fourth-order valence-corrected chi connectivity index (χ4v) is 3.01. The summed E-state index contributed by atoms with van der Waals surface area (Å²) in [6, 6.07) is 0. The van der Waals surface area contributed by atoms with Crippen LogP contribution in [0.2, 0.25) is 0 Å². The number of nitrogens with zero attached hydrogens (tertiary/aromatic N) is 1. The highest BCUT2D eigenvalue weighted by Crippen LogP contribution is 2.28. The minimum absolute atomic E-state index is 0.198. The van der Waals surface area contributed by atoms with Crippen molar-refractivity contribution in [3.63, 3.8) is 0 Å². The number of ether oxygens (including phenoxy) is 1. The van der Waals surface area contributed by atoms with Gasteiger partial charge in [0.05, 0.1) is 10.9 Å². The number of esters is 1. The first-order chi connectivity index (χ1) is 7.97. The number of allylic oxidation sites excluding steroid dienone is 2. The molecule has 2 atom stereocenters. The van der Waals surface area contributed by atoms with Crippen molar-refractivity contribution >= 4 is 43.7 Å². The van der Waals surface area contributed by atoms with E-state index < -0.39 is 12.1 Å². The molecule has 0 spiro atoms. The van der Waals surface area contributed by atoms with Crippen LogP contribution < -0.4 is 0 Å². The van der Waals surface area contributed by atoms with Gasteiger partial charge in [0.2, 0.25) is 0 Å². The van der Waals surface area contributed by atoms with Gasteiger partial charge in [0.1, 0.15) is 0 Å². The number of aliphatic imine (C=N–C) groups is 1. The lowest BCUT2D eigenvalue weighted by atomic mass is 10.0. The van der Waals surface area contributed by atoms with Crippen molar-refractivity contribution in [3.05, 3.63) is 34.0 Å². The van der Waals surface area contributed by atoms with Crippen LogP contribution in [0, 0.1) is 0 Å². The Morgan fingerprint density at radius 2 is 2.29 bits per heavy atom. The Morgan fingerprint density at radius 3 is 2.88 bits per heavy atom. The van der Waals surface area contributed by atoms with Crippen molar-refractivity contribution in [2.24, 2.45) is 4.99 Å². The minimum atomic E-state index is -0.715. The molecule has 0 aromatic carbocycles. The van der Waals surface area contributed by atoms with E-state index in [2.05, 4.69) is 36.9 Å². The topological polar surface area (TPSA) is 58.9 Å². The fourth-order valence-electron chi connectivity index (χ4n) is 1.52. The Bertz CT molecular complexity index is 491. The predicted molar refractivity (Wildman–Crippen MR) is 71.1 cm³/mol. The normalized spacial score (nSPS) is 30.9. The second kappa shape index (κ2) is 4.88. The highest BCUT2D eigenvalue weighted by molar-refractivity contribution is 9.12. The zero-order valence-corrected chi connectivity index (χ0v) is 12.0. The summed E-state index contributed by atoms with van der Waals surface area (Å²) in [4.78, 5) is 15.1. The third kappa shape index (κ3) is 2.75. The Labute approximate surface area is 115 Å². The zero-order valence-electron chi connectivity index (χ0n) is 8.85. The van der Waals surface area contributed by atoms with Crippen LogP contribution in [0.1, 0.15) is 6.92 Å². The van der Waals surface area contributed by atoms with Gasteiger partial charge >= 0.3 is 5.97 Å². The Kier molecular flexibility index (Phi) is 3.65. The molecule has 2 rings (SSSR count). The van der Waals surface area contributed by atoms with Crippen LogP contribution in [0.3, 0.4) is 0 Å². The summed E-state index contributed by atoms with van der Waals surface area (Å²) >= 11 is 6.67. The number of carbonyl (C=O) groups excluding carboxylic acids is 1. The van der Waals surface area contributed by atoms with Crippen LogP contribution in [0.4, 0.5) is 0 Å². The quantitative estimate of drug-likeness (QED) is 0.442. The summed E-state index contributed by atoms with van der Waals surface area (Å²) < 4.78 is 5.64. The SMILES string of the molecule is CC1=N/C(=C/C2=CC(Br)=CC(Br)C2O)C(=O)O1. The van der Waals surface area contributed by atoms with Gasteiger partial charge in [-0.2, -0.15) is 0 Å². The number of aliphatic hydroxyl groups is 1. The van der Waals surface area contributed by atoms with Crippen LogP contribution in [-0.2, 0) is 9.53 Å². The molecule has 4 nitrogen and oxygen atoms in total. The van der Waals surface area contributed by atoms with Crippen LogP contribution in [0.15, 0.2) is 39.0 Å². The van der Waals surface area contributed by atoms with Gasteiger partial charge in [-0.15, -0.1) is 0 Å². The highest BCUT2D eigenvalue weighted by atomic mass is 79.9. The summed E-state index contributed by atoms with van der Waals surface area (Å²) in [6.07, 6.45) is 4.39. The van der Waals surface area contributed by atoms with Gasteiger partial charge in [0.15, 0.2) is 11.6 Å². The fraction of sp³-hybridized carbons (Fsp3) is 0.273. The molecule has 90 valence electrons. The molecule has 2 unspecified atom stereocenters. The number of rotatable bonds is 1. The lowest BCUT2D eigenvalue weighted by Gasteiger charge is -2.20. The first-order valence-electron chi connectivity index (χ1n) is 4.87. The average Bonchev–Trinajstić information content (AvgIpc) is 2.53. The average molecular weight is 363 g/mol. The van der Waals surface area contributed by atoms with Crippen molar-refractivity contribution in [3.8, 4) is 0 Å². The standard InChI is InChI=1S/C11H9Br2NO3/c1-5-14-9(11(16)17-5)3-6-2-7(12)4-8(13)10(6)15/h2-4,8,10,15H,1H3/b9-3+. The van der Waals surface area contributed by atoms with E-state index in [-0.39, 0.29) is 10.5 Å². The first kappa shape index (κ1) is 12.7. The molecular formula is C11H9Br2NO3. The van der Waals surface area contributed by atoms with Crippen molar-refractivity contribution in [1.82, 2.24) is 0 Å². The van der Waals surface area contributed by atoms with E-state index in [1.54, 1.807) is 13.0 Å². The van der Waals surface area contributed by atoms with Gasteiger partial charge in [-0.05, 0) is 17.7 Å². The molecule has 1 aliphatic heterocycles. The number of alkyl halides is 1. The van der Waals surface area contributed by atoms with Gasteiger partial charge in [0, 0.05) is 11.4 Å². The van der Waals surface area contributed by atoms with Crippen molar-refractivity contribution in [2.75, 3.05) is 0 Å². The van der Waals surface area contributed by atoms with E-state index in [1.165, 1.54) is 6.08 Å². The van der Waals surface area contributed by atoms with E-state index in [0.29, 0.717) is 11.5 Å². The molecule has 1 N–H and O–H groups in total. The number of hydrogen-bond acceptors (Lipinski definition) is 4. The second-order valence-corrected chi connectivity index (χ2v) is 5.61. The number of halogens is 2. The van der Waals surface area contributed by atoms with E-state index in [0.717, 1.165) is 4.48 Å². The number of aliphatic hydroxyl groups excluding tert-OH is 1. The lowest BCUT2D eigenvalue weighted by molar-refractivity contribution is -0.130. The third-order valence-electron chi connectivity index (χ3n) is 2.30. The maximum absolute atomic E-state index is 11.4. The Balaban J connectivity index is 2.33. The minimum Gasteiger partial charge on any atom is -0.407 e. The Hall–Kier alpha value is -0.720. The van der Waals surface area contributed by atoms with Crippen LogP contribution in [0.5, 0.6) is 0 Å². The summed E-state index contributed by atoms with van der Waals surface area (Å²) in [7, 11) is 0. The molecule has 6 heteroatoms. The van der Waals surface area contributed by atoms with E-state index in [9.17, 15) is 9.90 Å². The zero-order chi connectivity index (χ0) is 12.6. The van der Waals surface area contributed by atoms with Gasteiger partial charge in [-0.1, -0.05) is 37.9 Å². The van der Waals surface area contributed by atoms with E-state index in [4.69, 9.17) is 4.74 Å². The maximum atomic E-state index is 11.4. The first-order valence-corrected chi connectivity index (χ1v) is 6.58. The Morgan fingerprint density at radius 1 is 1.59 bits per heavy atom. The van der Waals surface area contributed by atoms with Crippen molar-refractivity contribution in [2.45, 2.75) is 17.9 Å². The van der Waals surface area contributed by atoms with Crippen molar-refractivity contribution in [1.29, 1.82) is 0 Å². The second-order valence-electron chi connectivity index (χ2n) is 3.64. The molecule has 0 saturated heterocycles. The number of cyclic esters (lactones) is 1. The van der Waals surface area contributed by atoms with Gasteiger partial charge < -0.3 is 9.84 Å². The molecule has 0 aromatic rings. The van der Waals surface area contributed by atoms with Gasteiger partial charge in [-0.25, -0.2) is 9.79 Å². The van der Waals surface area contributed by atoms with Crippen LogP contribution in [0.25, 0.3) is 0 Å². The lowest BCUT2D eigenvalue weighted by Crippen LogP contribution is -2.23. The molecule has 0 amide bonds. The molecule has 2 aliphatic rings. The van der Waals surface area contributed by atoms with Crippen molar-refractivity contribution < 1.29 is 14.6 Å². The molecule has 1 heterocycles. The summed E-state index contributed by atoms with van der Waals surface area (Å²) in [5, 5.41) is 9.94. The summed E-state index contributed by atoms with van der Waals surface area (Å²) in [5.74, 6) is -0.176. The molecule has 1 aliphatic carbocycles. The molecule has 17 heavy (non-hydrogen) atoms. The van der Waals surface area contributed by atoms with Crippen LogP contribution in [-0.4, -0.2) is 27.9 Å². The molecule has 0 aromatic heterocycles. The predicted octanol–water partition coefficient (Wildman–Crippen LogP) is 2.19. The van der Waals surface area contributed by atoms with Gasteiger partial charge in [-0.3, -0.25) is 0 Å². The van der Waals surface area contributed by atoms with E-state index in [1.807, 2.05) is 6.08 Å². The van der Waals surface area contributed by atoms with Gasteiger partial charge in [0.25, 0.3) is 0 Å².